The Labute approximate surface area is 110 Å². The molecule has 0 saturated carbocycles. The van der Waals surface area contributed by atoms with Gasteiger partial charge in [-0.2, -0.15) is 0 Å². The zero-order valence-electron chi connectivity index (χ0n) is 12.3. The number of carbonyl (C=O) groups is 1. The Morgan fingerprint density at radius 2 is 1.88 bits per heavy atom. The van der Waals surface area contributed by atoms with Crippen LogP contribution >= 0.6 is 0 Å². The molecule has 102 valence electrons. The average Bonchev–Trinajstić information content (AvgIpc) is 2.36. The van der Waals surface area contributed by atoms with Crippen LogP contribution in [0.25, 0.3) is 0 Å². The first-order chi connectivity index (χ1) is 8.02. The molecule has 0 aromatic rings. The van der Waals surface area contributed by atoms with Gasteiger partial charge in [-0.1, -0.05) is 53.4 Å². The third-order valence-electron chi connectivity index (χ3n) is 4.13. The Morgan fingerprint density at radius 1 is 1.24 bits per heavy atom. The van der Waals surface area contributed by atoms with Crippen molar-refractivity contribution in [3.8, 4) is 0 Å². The first kappa shape index (κ1) is 16.7. The molecule has 0 aromatic carbocycles. The summed E-state index contributed by atoms with van der Waals surface area (Å²) >= 11 is 0. The highest BCUT2D eigenvalue weighted by Crippen LogP contribution is 2.39. The second-order valence-corrected chi connectivity index (χ2v) is 7.06. The van der Waals surface area contributed by atoms with Gasteiger partial charge in [0.2, 0.25) is 0 Å². The van der Waals surface area contributed by atoms with E-state index in [1.807, 2.05) is 0 Å². The van der Waals surface area contributed by atoms with Gasteiger partial charge in [-0.05, 0) is 18.8 Å². The van der Waals surface area contributed by atoms with Crippen molar-refractivity contribution in [2.45, 2.75) is 71.3 Å². The number of hydrogen-bond donors (Lipinski definition) is 0. The van der Waals surface area contributed by atoms with Gasteiger partial charge in [-0.25, -0.2) is 0 Å². The molecule has 17 heavy (non-hydrogen) atoms. The third kappa shape index (κ3) is 5.24. The summed E-state index contributed by atoms with van der Waals surface area (Å²) in [5.74, 6) is 0.500. The number of unbranched alkanes of at least 4 members (excludes halogenated alkanes) is 3. The van der Waals surface area contributed by atoms with Crippen molar-refractivity contribution in [2.24, 2.45) is 5.92 Å². The minimum absolute atomic E-state index is 0.0533. The molecular weight excluding hydrogens is 228 g/mol. The molecule has 0 heterocycles. The first-order valence-electron chi connectivity index (χ1n) is 7.20. The molecule has 0 aliphatic rings. The molecule has 2 atom stereocenters. The quantitative estimate of drug-likeness (QED) is 0.361. The molecule has 0 amide bonds. The Bertz CT molecular complexity index is 218. The maximum Gasteiger partial charge on any atom is 0.308 e. The summed E-state index contributed by atoms with van der Waals surface area (Å²) in [6.07, 6.45) is 6.63. The topological polar surface area (TPSA) is 26.3 Å². The largest absolute Gasteiger partial charge is 0.466 e. The van der Waals surface area contributed by atoms with E-state index in [0.717, 1.165) is 29.5 Å². The number of ether oxygens (including phenoxy) is 1. The molecule has 2 nitrogen and oxygen atoms in total. The van der Waals surface area contributed by atoms with Gasteiger partial charge >= 0.3 is 5.97 Å². The molecule has 0 bridgehead atoms. The van der Waals surface area contributed by atoms with Crippen molar-refractivity contribution in [3.63, 3.8) is 0 Å². The van der Waals surface area contributed by atoms with Crippen LogP contribution < -0.4 is 0 Å². The molecule has 0 aliphatic carbocycles. The molecule has 0 aliphatic heterocycles. The Kier molecular flexibility index (Phi) is 8.57. The molecule has 0 saturated heterocycles. The summed E-state index contributed by atoms with van der Waals surface area (Å²) in [6.45, 7) is 9.24. The van der Waals surface area contributed by atoms with Crippen molar-refractivity contribution >= 4 is 16.2 Å². The smallest absolute Gasteiger partial charge is 0.308 e. The van der Waals surface area contributed by atoms with E-state index in [2.05, 4.69) is 27.7 Å². The summed E-state index contributed by atoms with van der Waals surface area (Å²) in [5, 5.41) is -0.167. The monoisotopic (exact) mass is 258 g/mol. The van der Waals surface area contributed by atoms with Crippen LogP contribution in [0.1, 0.15) is 66.2 Å². The highest BCUT2D eigenvalue weighted by atomic mass is 28.1. The van der Waals surface area contributed by atoms with Crippen LogP contribution in [-0.2, 0) is 9.53 Å². The van der Waals surface area contributed by atoms with E-state index in [0.29, 0.717) is 12.5 Å². The van der Waals surface area contributed by atoms with Crippen LogP contribution in [0.4, 0.5) is 0 Å². The van der Waals surface area contributed by atoms with Gasteiger partial charge in [-0.15, -0.1) is 0 Å². The fourth-order valence-corrected chi connectivity index (χ4v) is 2.56. The van der Waals surface area contributed by atoms with Crippen LogP contribution in [0.2, 0.25) is 5.04 Å². The van der Waals surface area contributed by atoms with E-state index < -0.39 is 0 Å². The summed E-state index contributed by atoms with van der Waals surface area (Å²) in [7, 11) is 0.892. The maximum atomic E-state index is 12.1. The zero-order valence-corrected chi connectivity index (χ0v) is 14.3. The van der Waals surface area contributed by atoms with E-state index in [1.165, 1.54) is 19.3 Å². The van der Waals surface area contributed by atoms with E-state index >= 15 is 0 Å². The van der Waals surface area contributed by atoms with Crippen molar-refractivity contribution in [1.29, 1.82) is 0 Å². The van der Waals surface area contributed by atoms with Gasteiger partial charge in [0.25, 0.3) is 0 Å². The standard InChI is InChI=1S/C14H30O2Si/c1-5-8-9-10-11-16-13(15)14(17,7-3)12(4)6-2/h12H,5-11H2,1-4,17H3. The maximum absolute atomic E-state index is 12.1. The average molecular weight is 258 g/mol. The van der Waals surface area contributed by atoms with Crippen LogP contribution in [0.15, 0.2) is 0 Å². The van der Waals surface area contributed by atoms with E-state index in [9.17, 15) is 4.79 Å². The SMILES string of the molecule is CCCCCCOC(=O)C([SiH3])(CC)C(C)CC. The predicted octanol–water partition coefficient (Wildman–Crippen LogP) is 3.09. The highest BCUT2D eigenvalue weighted by Gasteiger charge is 2.37. The van der Waals surface area contributed by atoms with E-state index in [4.69, 9.17) is 4.74 Å². The summed E-state index contributed by atoms with van der Waals surface area (Å²) in [4.78, 5) is 12.1. The number of rotatable bonds is 9. The van der Waals surface area contributed by atoms with Crippen LogP contribution in [0, 0.1) is 5.92 Å². The Hall–Kier alpha value is -0.313. The van der Waals surface area contributed by atoms with Crippen molar-refractivity contribution in [1.82, 2.24) is 0 Å². The molecule has 0 rings (SSSR count). The van der Waals surface area contributed by atoms with Crippen molar-refractivity contribution in [3.05, 3.63) is 0 Å². The molecule has 3 heteroatoms. The predicted molar refractivity (Wildman–Crippen MR) is 77.5 cm³/mol. The molecule has 0 N–H and O–H groups in total. The lowest BCUT2D eigenvalue weighted by atomic mass is 9.88. The van der Waals surface area contributed by atoms with Crippen molar-refractivity contribution in [2.75, 3.05) is 6.61 Å². The van der Waals surface area contributed by atoms with Gasteiger partial charge in [0.15, 0.2) is 0 Å². The lowest BCUT2D eigenvalue weighted by Crippen LogP contribution is -2.32. The summed E-state index contributed by atoms with van der Waals surface area (Å²) < 4.78 is 5.46. The zero-order chi connectivity index (χ0) is 13.3. The molecular formula is C14H30O2Si. The van der Waals surface area contributed by atoms with Gasteiger partial charge in [-0.3, -0.25) is 4.79 Å². The van der Waals surface area contributed by atoms with E-state index in [-0.39, 0.29) is 11.0 Å². The lowest BCUT2D eigenvalue weighted by molar-refractivity contribution is -0.149. The van der Waals surface area contributed by atoms with Crippen LogP contribution in [-0.4, -0.2) is 22.8 Å². The fraction of sp³-hybridized carbons (Fsp3) is 0.929. The third-order valence-corrected chi connectivity index (χ3v) is 6.23. The number of hydrogen-bond acceptors (Lipinski definition) is 2. The normalized spacial score (nSPS) is 16.5. The van der Waals surface area contributed by atoms with Crippen LogP contribution in [0.5, 0.6) is 0 Å². The van der Waals surface area contributed by atoms with E-state index in [1.54, 1.807) is 0 Å². The fourth-order valence-electron chi connectivity index (χ4n) is 2.00. The Balaban J connectivity index is 4.08. The summed E-state index contributed by atoms with van der Waals surface area (Å²) in [6, 6.07) is 0. The van der Waals surface area contributed by atoms with Crippen molar-refractivity contribution < 1.29 is 9.53 Å². The van der Waals surface area contributed by atoms with Gasteiger partial charge < -0.3 is 4.74 Å². The van der Waals surface area contributed by atoms with Gasteiger partial charge in [0.05, 0.1) is 11.6 Å². The van der Waals surface area contributed by atoms with Gasteiger partial charge in [0.1, 0.15) is 0 Å². The molecule has 0 spiro atoms. The Morgan fingerprint density at radius 3 is 2.35 bits per heavy atom. The van der Waals surface area contributed by atoms with Gasteiger partial charge in [0, 0.05) is 10.2 Å². The first-order valence-corrected chi connectivity index (χ1v) is 8.20. The second-order valence-electron chi connectivity index (χ2n) is 5.28. The summed E-state index contributed by atoms with van der Waals surface area (Å²) in [5.41, 5.74) is 0. The highest BCUT2D eigenvalue weighted by molar-refractivity contribution is 6.27. The molecule has 0 radical (unpaired) electrons. The molecule has 0 aromatic heterocycles. The molecule has 0 fully saturated rings. The number of esters is 1. The lowest BCUT2D eigenvalue weighted by Gasteiger charge is -2.31. The van der Waals surface area contributed by atoms with Crippen LogP contribution in [0.3, 0.4) is 0 Å². The molecule has 2 unspecified atom stereocenters. The second kappa shape index (κ2) is 8.73. The minimum atomic E-state index is -0.167. The minimum Gasteiger partial charge on any atom is -0.466 e. The number of carbonyl (C=O) groups excluding carboxylic acids is 1.